The first-order valence-corrected chi connectivity index (χ1v) is 8.73. The number of imide groups is 2. The zero-order valence-electron chi connectivity index (χ0n) is 14.7. The van der Waals surface area contributed by atoms with Crippen molar-refractivity contribution in [2.75, 3.05) is 44.3 Å². The molecule has 2 aliphatic rings. The van der Waals surface area contributed by atoms with E-state index in [0.29, 0.717) is 12.2 Å². The standard InChI is InChI=1S/C18H22N4O4/c1-13-4-2-3-5-15(13)22-17(24)14(16(23)20-18(22)25)12-19-6-7-21-8-10-26-11-9-21/h2-5,12,14H,6-11H2,1H3,(H,20,23,25)/p+1/t14-/m1/s1. The Balaban J connectivity index is 1.67. The van der Waals surface area contributed by atoms with E-state index in [1.165, 1.54) is 11.1 Å². The molecular weight excluding hydrogens is 336 g/mol. The van der Waals surface area contributed by atoms with Gasteiger partial charge in [-0.3, -0.25) is 19.9 Å². The summed E-state index contributed by atoms with van der Waals surface area (Å²) >= 11 is 0. The molecule has 8 nitrogen and oxygen atoms in total. The van der Waals surface area contributed by atoms with Crippen LogP contribution in [0.3, 0.4) is 0 Å². The Bertz CT molecular complexity index is 728. The lowest BCUT2D eigenvalue weighted by Gasteiger charge is -2.29. The fourth-order valence-electron chi connectivity index (χ4n) is 3.08. The number of hydrogen-bond donors (Lipinski definition) is 2. The van der Waals surface area contributed by atoms with Crippen molar-refractivity contribution in [3.05, 3.63) is 29.8 Å². The monoisotopic (exact) mass is 359 g/mol. The number of quaternary nitrogens is 1. The molecule has 0 aromatic heterocycles. The van der Waals surface area contributed by atoms with Gasteiger partial charge in [-0.2, -0.15) is 0 Å². The molecule has 2 saturated heterocycles. The van der Waals surface area contributed by atoms with Crippen molar-refractivity contribution in [3.63, 3.8) is 0 Å². The van der Waals surface area contributed by atoms with E-state index in [9.17, 15) is 14.4 Å². The highest BCUT2D eigenvalue weighted by Crippen LogP contribution is 2.23. The number of para-hydroxylation sites is 1. The van der Waals surface area contributed by atoms with E-state index < -0.39 is 23.8 Å². The highest BCUT2D eigenvalue weighted by molar-refractivity contribution is 6.32. The zero-order chi connectivity index (χ0) is 18.5. The number of amides is 4. The Hall–Kier alpha value is -2.58. The molecule has 2 N–H and O–H groups in total. The van der Waals surface area contributed by atoms with E-state index in [2.05, 4.69) is 10.3 Å². The summed E-state index contributed by atoms with van der Waals surface area (Å²) in [4.78, 5) is 43.6. The van der Waals surface area contributed by atoms with Gasteiger partial charge < -0.3 is 9.64 Å². The molecule has 26 heavy (non-hydrogen) atoms. The predicted molar refractivity (Wildman–Crippen MR) is 95.4 cm³/mol. The van der Waals surface area contributed by atoms with Crippen molar-refractivity contribution in [2.45, 2.75) is 6.92 Å². The SMILES string of the molecule is Cc1ccccc1N1C(=O)NC(=O)[C@@H](C=NCC[NH+]2CCOCC2)C1=O. The van der Waals surface area contributed by atoms with E-state index in [1.54, 1.807) is 25.1 Å². The van der Waals surface area contributed by atoms with E-state index in [-0.39, 0.29) is 0 Å². The number of benzene rings is 1. The number of nitrogens with one attached hydrogen (secondary N) is 2. The molecule has 0 radical (unpaired) electrons. The molecule has 0 saturated carbocycles. The van der Waals surface area contributed by atoms with Crippen molar-refractivity contribution < 1.29 is 24.0 Å². The van der Waals surface area contributed by atoms with Crippen LogP contribution in [0.15, 0.2) is 29.3 Å². The Morgan fingerprint density at radius 2 is 2.00 bits per heavy atom. The number of aryl methyl sites for hydroxylation is 1. The topological polar surface area (TPSA) is 92.5 Å². The normalized spacial score (nSPS) is 22.1. The van der Waals surface area contributed by atoms with Crippen LogP contribution in [0.5, 0.6) is 0 Å². The maximum absolute atomic E-state index is 12.7. The number of urea groups is 1. The number of hydrogen-bond acceptors (Lipinski definition) is 5. The second-order valence-electron chi connectivity index (χ2n) is 6.40. The van der Waals surface area contributed by atoms with Crippen LogP contribution < -0.4 is 15.1 Å². The summed E-state index contributed by atoms with van der Waals surface area (Å²) in [6, 6.07) is 6.33. The number of carbonyl (C=O) groups is 3. The average molecular weight is 359 g/mol. The minimum atomic E-state index is -1.09. The molecule has 2 fully saturated rings. The number of carbonyl (C=O) groups excluding carboxylic acids is 3. The maximum Gasteiger partial charge on any atom is 0.335 e. The summed E-state index contributed by atoms with van der Waals surface area (Å²) in [5.74, 6) is -2.30. The summed E-state index contributed by atoms with van der Waals surface area (Å²) in [5.41, 5.74) is 1.25. The van der Waals surface area contributed by atoms with Gasteiger partial charge in [0.2, 0.25) is 5.91 Å². The lowest BCUT2D eigenvalue weighted by Crippen LogP contribution is -3.14. The van der Waals surface area contributed by atoms with Gasteiger partial charge >= 0.3 is 6.03 Å². The van der Waals surface area contributed by atoms with Crippen LogP contribution in [-0.4, -0.2) is 63.5 Å². The molecule has 0 bridgehead atoms. The second-order valence-corrected chi connectivity index (χ2v) is 6.40. The third kappa shape index (κ3) is 3.97. The molecule has 1 aromatic carbocycles. The van der Waals surface area contributed by atoms with Gasteiger partial charge in [-0.25, -0.2) is 9.69 Å². The van der Waals surface area contributed by atoms with E-state index >= 15 is 0 Å². The number of ether oxygens (including phenoxy) is 1. The van der Waals surface area contributed by atoms with E-state index in [0.717, 1.165) is 43.3 Å². The van der Waals surface area contributed by atoms with Crippen LogP contribution in [0, 0.1) is 12.8 Å². The van der Waals surface area contributed by atoms with Crippen molar-refractivity contribution in [2.24, 2.45) is 10.9 Å². The minimum absolute atomic E-state index is 0.471. The molecule has 4 amide bonds. The Morgan fingerprint density at radius 1 is 1.27 bits per heavy atom. The molecule has 1 aromatic rings. The predicted octanol–water partition coefficient (Wildman–Crippen LogP) is -0.820. The van der Waals surface area contributed by atoms with Gasteiger partial charge in [0.1, 0.15) is 13.1 Å². The molecule has 3 rings (SSSR count). The van der Waals surface area contributed by atoms with Crippen LogP contribution in [0.25, 0.3) is 0 Å². The van der Waals surface area contributed by atoms with Crippen molar-refractivity contribution in [1.82, 2.24) is 5.32 Å². The highest BCUT2D eigenvalue weighted by Gasteiger charge is 2.40. The average Bonchev–Trinajstić information content (AvgIpc) is 2.63. The first-order valence-electron chi connectivity index (χ1n) is 8.73. The first kappa shape index (κ1) is 18.2. The molecule has 0 aliphatic carbocycles. The molecule has 138 valence electrons. The quantitative estimate of drug-likeness (QED) is 0.531. The van der Waals surface area contributed by atoms with Gasteiger partial charge in [0, 0.05) is 6.21 Å². The number of barbiturate groups is 1. The third-order valence-corrected chi connectivity index (χ3v) is 4.61. The summed E-state index contributed by atoms with van der Waals surface area (Å²) in [6.07, 6.45) is 1.36. The van der Waals surface area contributed by atoms with Crippen LogP contribution >= 0.6 is 0 Å². The highest BCUT2D eigenvalue weighted by atomic mass is 16.5. The molecule has 1 atom stereocenters. The van der Waals surface area contributed by atoms with Crippen LogP contribution in [0.2, 0.25) is 0 Å². The summed E-state index contributed by atoms with van der Waals surface area (Å²) in [7, 11) is 0. The van der Waals surface area contributed by atoms with Crippen LogP contribution in [0.4, 0.5) is 10.5 Å². The Morgan fingerprint density at radius 3 is 2.73 bits per heavy atom. The molecule has 8 heteroatoms. The van der Waals surface area contributed by atoms with Crippen molar-refractivity contribution in [3.8, 4) is 0 Å². The number of rotatable bonds is 5. The van der Waals surface area contributed by atoms with Gasteiger partial charge in [-0.1, -0.05) is 18.2 Å². The van der Waals surface area contributed by atoms with Gasteiger partial charge in [-0.15, -0.1) is 0 Å². The molecular formula is C18H23N4O4+. The smallest absolute Gasteiger partial charge is 0.335 e. The summed E-state index contributed by atoms with van der Waals surface area (Å²) < 4.78 is 5.31. The Kier molecular flexibility index (Phi) is 5.75. The third-order valence-electron chi connectivity index (χ3n) is 4.61. The number of aliphatic imine (C=N–C) groups is 1. The first-order chi connectivity index (χ1) is 12.6. The minimum Gasteiger partial charge on any atom is -0.370 e. The fourth-order valence-corrected chi connectivity index (χ4v) is 3.08. The zero-order valence-corrected chi connectivity index (χ0v) is 14.7. The maximum atomic E-state index is 12.7. The second kappa shape index (κ2) is 8.20. The summed E-state index contributed by atoms with van der Waals surface area (Å²) in [6.45, 7) is 6.52. The number of nitrogens with zero attached hydrogens (tertiary/aromatic N) is 2. The molecule has 0 spiro atoms. The van der Waals surface area contributed by atoms with Crippen molar-refractivity contribution >= 4 is 29.7 Å². The summed E-state index contributed by atoms with van der Waals surface area (Å²) in [5, 5.41) is 2.24. The van der Waals surface area contributed by atoms with Crippen LogP contribution in [0.1, 0.15) is 5.56 Å². The van der Waals surface area contributed by atoms with E-state index in [4.69, 9.17) is 4.74 Å². The Labute approximate surface area is 151 Å². The molecule has 2 heterocycles. The lowest BCUT2D eigenvalue weighted by molar-refractivity contribution is -0.906. The van der Waals surface area contributed by atoms with Gasteiger partial charge in [0.15, 0.2) is 5.92 Å². The number of anilines is 1. The van der Waals surface area contributed by atoms with Gasteiger partial charge in [0.25, 0.3) is 5.91 Å². The van der Waals surface area contributed by atoms with Gasteiger partial charge in [0.05, 0.1) is 32.0 Å². The van der Waals surface area contributed by atoms with Crippen molar-refractivity contribution in [1.29, 1.82) is 0 Å². The largest absolute Gasteiger partial charge is 0.370 e. The molecule has 0 unspecified atom stereocenters. The van der Waals surface area contributed by atoms with Crippen LogP contribution in [-0.2, 0) is 14.3 Å². The fraction of sp³-hybridized carbons (Fsp3) is 0.444. The van der Waals surface area contributed by atoms with E-state index in [1.807, 2.05) is 6.07 Å². The molecule has 2 aliphatic heterocycles. The van der Waals surface area contributed by atoms with Gasteiger partial charge in [-0.05, 0) is 18.6 Å². The number of morpholine rings is 1. The lowest BCUT2D eigenvalue weighted by atomic mass is 10.0.